The summed E-state index contributed by atoms with van der Waals surface area (Å²) in [6.45, 7) is 0. The van der Waals surface area contributed by atoms with Crippen LogP contribution < -0.4 is 4.90 Å². The predicted octanol–water partition coefficient (Wildman–Crippen LogP) is 4.84. The molecule has 1 N–H and O–H groups in total. The van der Waals surface area contributed by atoms with Crippen LogP contribution in [0.3, 0.4) is 0 Å². The summed E-state index contributed by atoms with van der Waals surface area (Å²) >= 11 is 0. The first-order chi connectivity index (χ1) is 12.2. The van der Waals surface area contributed by atoms with Gasteiger partial charge in [-0.3, -0.25) is 0 Å². The van der Waals surface area contributed by atoms with Crippen molar-refractivity contribution >= 4 is 17.2 Å². The van der Waals surface area contributed by atoms with Crippen LogP contribution in [0.5, 0.6) is 0 Å². The first kappa shape index (κ1) is 19.3. The van der Waals surface area contributed by atoms with Crippen LogP contribution in [-0.2, 0) is 11.0 Å². The van der Waals surface area contributed by atoms with Gasteiger partial charge in [-0.1, -0.05) is 36.4 Å². The maximum atomic E-state index is 12.8. The molecule has 0 saturated heterocycles. The second-order valence-electron chi connectivity index (χ2n) is 5.80. The minimum absolute atomic E-state index is 0.559. The zero-order chi connectivity index (χ0) is 19.3. The second-order valence-corrected chi connectivity index (χ2v) is 5.80. The molecule has 2 rings (SSSR count). The quantitative estimate of drug-likeness (QED) is 0.612. The fourth-order valence-corrected chi connectivity index (χ4v) is 2.38. The van der Waals surface area contributed by atoms with Crippen molar-refractivity contribution in [3.8, 4) is 0 Å². The van der Waals surface area contributed by atoms with E-state index in [0.717, 1.165) is 29.5 Å². The van der Waals surface area contributed by atoms with Crippen LogP contribution in [0.15, 0.2) is 66.8 Å². The van der Waals surface area contributed by atoms with Crippen molar-refractivity contribution in [2.24, 2.45) is 0 Å². The Morgan fingerprint density at radius 2 is 1.69 bits per heavy atom. The number of carboxylic acid groups (broad SMARTS) is 1. The maximum absolute atomic E-state index is 12.8. The van der Waals surface area contributed by atoms with E-state index in [1.165, 1.54) is 18.2 Å². The SMILES string of the molecule is CN(C)c1cccc(/C(=C/C=C/C(=O)O)c2ccc(C(F)(F)F)cc2)c1. The monoisotopic (exact) mass is 361 g/mol. The van der Waals surface area contributed by atoms with Crippen LogP contribution in [0.25, 0.3) is 5.57 Å². The largest absolute Gasteiger partial charge is 0.478 e. The van der Waals surface area contributed by atoms with Crippen LogP contribution >= 0.6 is 0 Å². The standard InChI is InChI=1S/C20H18F3NO2/c1-24(2)17-6-3-5-15(13-17)18(7-4-8-19(25)26)14-9-11-16(12-10-14)20(21,22)23/h3-13H,1-2H3,(H,25,26)/b8-4+,18-7+. The number of carboxylic acids is 1. The lowest BCUT2D eigenvalue weighted by Gasteiger charge is -2.15. The van der Waals surface area contributed by atoms with Gasteiger partial charge in [0.25, 0.3) is 0 Å². The highest BCUT2D eigenvalue weighted by molar-refractivity contribution is 5.84. The summed E-state index contributed by atoms with van der Waals surface area (Å²) in [6.07, 6.45) is -0.501. The van der Waals surface area contributed by atoms with Crippen molar-refractivity contribution in [1.29, 1.82) is 0 Å². The summed E-state index contributed by atoms with van der Waals surface area (Å²) in [5, 5.41) is 8.76. The van der Waals surface area contributed by atoms with Gasteiger partial charge in [0, 0.05) is 25.9 Å². The lowest BCUT2D eigenvalue weighted by Crippen LogP contribution is -2.08. The average molecular weight is 361 g/mol. The number of halogens is 3. The molecule has 0 amide bonds. The lowest BCUT2D eigenvalue weighted by atomic mass is 9.96. The van der Waals surface area contributed by atoms with Gasteiger partial charge in [0.2, 0.25) is 0 Å². The van der Waals surface area contributed by atoms with Crippen molar-refractivity contribution < 1.29 is 23.1 Å². The Morgan fingerprint density at radius 3 is 2.23 bits per heavy atom. The van der Waals surface area contributed by atoms with Gasteiger partial charge in [-0.2, -0.15) is 13.2 Å². The molecule has 6 heteroatoms. The molecule has 0 saturated carbocycles. The number of benzene rings is 2. The summed E-state index contributed by atoms with van der Waals surface area (Å²) in [4.78, 5) is 12.6. The van der Waals surface area contributed by atoms with Crippen molar-refractivity contribution in [3.05, 3.63) is 83.4 Å². The van der Waals surface area contributed by atoms with Crippen molar-refractivity contribution in [1.82, 2.24) is 0 Å². The number of alkyl halides is 3. The van der Waals surface area contributed by atoms with Crippen molar-refractivity contribution in [2.45, 2.75) is 6.18 Å². The van der Waals surface area contributed by atoms with Gasteiger partial charge < -0.3 is 10.0 Å². The van der Waals surface area contributed by atoms with Crippen LogP contribution in [0.1, 0.15) is 16.7 Å². The molecule has 0 fully saturated rings. The molecule has 0 aliphatic carbocycles. The summed E-state index contributed by atoms with van der Waals surface area (Å²) in [7, 11) is 3.76. The summed E-state index contributed by atoms with van der Waals surface area (Å²) in [5.74, 6) is -1.10. The molecule has 136 valence electrons. The Balaban J connectivity index is 2.51. The summed E-state index contributed by atoms with van der Waals surface area (Å²) in [6, 6.07) is 12.2. The Morgan fingerprint density at radius 1 is 1.04 bits per heavy atom. The predicted molar refractivity (Wildman–Crippen MR) is 96.1 cm³/mol. The smallest absolute Gasteiger partial charge is 0.416 e. The number of carbonyl (C=O) groups is 1. The molecule has 0 atom stereocenters. The van der Waals surface area contributed by atoms with E-state index < -0.39 is 17.7 Å². The zero-order valence-corrected chi connectivity index (χ0v) is 14.3. The highest BCUT2D eigenvalue weighted by Gasteiger charge is 2.30. The molecule has 0 heterocycles. The number of allylic oxidation sites excluding steroid dienone is 2. The Hall–Kier alpha value is -3.02. The molecular formula is C20H18F3NO2. The normalized spacial score (nSPS) is 12.4. The third-order valence-corrected chi connectivity index (χ3v) is 3.70. The molecule has 0 unspecified atom stereocenters. The van der Waals surface area contributed by atoms with Crippen LogP contribution in [-0.4, -0.2) is 25.2 Å². The van der Waals surface area contributed by atoms with E-state index in [1.54, 1.807) is 6.08 Å². The van der Waals surface area contributed by atoms with Gasteiger partial charge in [-0.15, -0.1) is 0 Å². The van der Waals surface area contributed by atoms with E-state index in [2.05, 4.69) is 0 Å². The topological polar surface area (TPSA) is 40.5 Å². The number of rotatable bonds is 5. The number of nitrogens with zero attached hydrogens (tertiary/aromatic N) is 1. The highest BCUT2D eigenvalue weighted by Crippen LogP contribution is 2.32. The molecule has 0 bridgehead atoms. The molecule has 26 heavy (non-hydrogen) atoms. The molecule has 2 aromatic carbocycles. The number of aliphatic carboxylic acids is 1. The molecule has 0 aliphatic rings. The third kappa shape index (κ3) is 4.99. The highest BCUT2D eigenvalue weighted by atomic mass is 19.4. The minimum Gasteiger partial charge on any atom is -0.478 e. The van der Waals surface area contributed by atoms with Crippen LogP contribution in [0, 0.1) is 0 Å². The van der Waals surface area contributed by atoms with Gasteiger partial charge in [0.15, 0.2) is 0 Å². The number of hydrogen-bond donors (Lipinski definition) is 1. The molecule has 0 spiro atoms. The first-order valence-electron chi connectivity index (χ1n) is 7.75. The van der Waals surface area contributed by atoms with E-state index in [1.807, 2.05) is 43.3 Å². The van der Waals surface area contributed by atoms with Gasteiger partial charge >= 0.3 is 12.1 Å². The van der Waals surface area contributed by atoms with Crippen molar-refractivity contribution in [2.75, 3.05) is 19.0 Å². The lowest BCUT2D eigenvalue weighted by molar-refractivity contribution is -0.137. The van der Waals surface area contributed by atoms with Gasteiger partial charge in [0.05, 0.1) is 5.56 Å². The Kier molecular flexibility index (Phi) is 5.87. The van der Waals surface area contributed by atoms with Gasteiger partial charge in [0.1, 0.15) is 0 Å². The second kappa shape index (κ2) is 7.91. The van der Waals surface area contributed by atoms with E-state index >= 15 is 0 Å². The molecule has 0 aliphatic heterocycles. The number of anilines is 1. The van der Waals surface area contributed by atoms with E-state index in [0.29, 0.717) is 11.1 Å². The molecule has 0 radical (unpaired) electrons. The molecule has 0 aromatic heterocycles. The zero-order valence-electron chi connectivity index (χ0n) is 14.3. The third-order valence-electron chi connectivity index (χ3n) is 3.70. The first-order valence-corrected chi connectivity index (χ1v) is 7.75. The molecule has 2 aromatic rings. The summed E-state index contributed by atoms with van der Waals surface area (Å²) in [5.41, 5.74) is 2.14. The molecule has 3 nitrogen and oxygen atoms in total. The minimum atomic E-state index is -4.41. The van der Waals surface area contributed by atoms with E-state index in [9.17, 15) is 18.0 Å². The maximum Gasteiger partial charge on any atom is 0.416 e. The van der Waals surface area contributed by atoms with E-state index in [4.69, 9.17) is 5.11 Å². The van der Waals surface area contributed by atoms with Crippen LogP contribution in [0.2, 0.25) is 0 Å². The summed E-state index contributed by atoms with van der Waals surface area (Å²) < 4.78 is 38.3. The van der Waals surface area contributed by atoms with Gasteiger partial charge in [-0.25, -0.2) is 4.79 Å². The van der Waals surface area contributed by atoms with Crippen LogP contribution in [0.4, 0.5) is 18.9 Å². The van der Waals surface area contributed by atoms with Crippen molar-refractivity contribution in [3.63, 3.8) is 0 Å². The Bertz CT molecular complexity index is 835. The Labute approximate surface area is 149 Å². The molecular weight excluding hydrogens is 343 g/mol. The average Bonchev–Trinajstić information content (AvgIpc) is 2.58. The number of hydrogen-bond acceptors (Lipinski definition) is 2. The van der Waals surface area contributed by atoms with Gasteiger partial charge in [-0.05, 0) is 41.0 Å². The fraction of sp³-hybridized carbons (Fsp3) is 0.150. The van der Waals surface area contributed by atoms with E-state index in [-0.39, 0.29) is 0 Å². The fourth-order valence-electron chi connectivity index (χ4n) is 2.38.